The Labute approximate surface area is 111 Å². The number of carbonyl (C=O) groups is 3. The van der Waals surface area contributed by atoms with Crippen LogP contribution in [0, 0.1) is 0 Å². The highest BCUT2D eigenvalue weighted by Crippen LogP contribution is 2.13. The van der Waals surface area contributed by atoms with Crippen molar-refractivity contribution < 1.29 is 19.5 Å². The molecule has 0 rings (SSSR count). The summed E-state index contributed by atoms with van der Waals surface area (Å²) in [6, 6.07) is -0.806. The summed E-state index contributed by atoms with van der Waals surface area (Å²) in [4.78, 5) is 32.5. The number of aliphatic carboxylic acids is 1. The highest BCUT2D eigenvalue weighted by molar-refractivity contribution is 8.00. The first-order valence-corrected chi connectivity index (χ1v) is 6.77. The minimum atomic E-state index is -1.07. The molecular weight excluding hydrogens is 256 g/mol. The van der Waals surface area contributed by atoms with Gasteiger partial charge >= 0.3 is 5.97 Å². The standard InChI is InChI=1S/C11H20N2O4S/c1-7(2)13-10(15)8(3)18-5-4-9(11(16)17)12-6-14/h6-9H,4-5H2,1-3H3,(H,12,14)(H,13,15)(H,16,17). The molecule has 0 spiro atoms. The van der Waals surface area contributed by atoms with E-state index in [0.717, 1.165) is 0 Å². The second-order valence-electron chi connectivity index (χ2n) is 4.14. The van der Waals surface area contributed by atoms with Crippen molar-refractivity contribution in [3.63, 3.8) is 0 Å². The lowest BCUT2D eigenvalue weighted by Gasteiger charge is -2.15. The van der Waals surface area contributed by atoms with Gasteiger partial charge in [0, 0.05) is 6.04 Å². The van der Waals surface area contributed by atoms with Crippen molar-refractivity contribution in [3.05, 3.63) is 0 Å². The number of nitrogens with one attached hydrogen (secondary N) is 2. The summed E-state index contributed by atoms with van der Waals surface area (Å²) in [5.74, 6) is -0.642. The van der Waals surface area contributed by atoms with Gasteiger partial charge in [0.1, 0.15) is 6.04 Å². The van der Waals surface area contributed by atoms with Crippen molar-refractivity contribution in [2.75, 3.05) is 5.75 Å². The van der Waals surface area contributed by atoms with Gasteiger partial charge in [-0.3, -0.25) is 9.59 Å². The van der Waals surface area contributed by atoms with Gasteiger partial charge in [-0.1, -0.05) is 0 Å². The Morgan fingerprint density at radius 1 is 1.33 bits per heavy atom. The molecule has 0 aromatic heterocycles. The van der Waals surface area contributed by atoms with Gasteiger partial charge in [-0.2, -0.15) is 0 Å². The molecule has 7 heteroatoms. The molecule has 0 aliphatic heterocycles. The molecule has 2 atom stereocenters. The number of rotatable bonds is 9. The quantitative estimate of drug-likeness (QED) is 0.524. The molecule has 2 unspecified atom stereocenters. The summed E-state index contributed by atoms with van der Waals surface area (Å²) >= 11 is 1.37. The molecule has 0 aliphatic rings. The number of carboxylic acid groups (broad SMARTS) is 1. The molecule has 18 heavy (non-hydrogen) atoms. The van der Waals surface area contributed by atoms with Crippen LogP contribution < -0.4 is 10.6 Å². The number of hydrogen-bond donors (Lipinski definition) is 3. The van der Waals surface area contributed by atoms with Crippen molar-refractivity contribution in [1.29, 1.82) is 0 Å². The molecule has 0 aromatic carbocycles. The summed E-state index contributed by atoms with van der Waals surface area (Å²) in [7, 11) is 0. The maximum absolute atomic E-state index is 11.6. The van der Waals surface area contributed by atoms with Crippen LogP contribution in [-0.2, 0) is 14.4 Å². The van der Waals surface area contributed by atoms with Crippen LogP contribution >= 0.6 is 11.8 Å². The Bertz CT molecular complexity index is 297. The largest absolute Gasteiger partial charge is 0.480 e. The Hall–Kier alpha value is -1.24. The average Bonchev–Trinajstić information content (AvgIpc) is 2.26. The van der Waals surface area contributed by atoms with E-state index in [9.17, 15) is 14.4 Å². The number of amides is 2. The molecule has 0 saturated carbocycles. The first-order valence-electron chi connectivity index (χ1n) is 5.73. The lowest BCUT2D eigenvalue weighted by Crippen LogP contribution is -2.37. The number of carbonyl (C=O) groups excluding carboxylic acids is 2. The monoisotopic (exact) mass is 276 g/mol. The van der Waals surface area contributed by atoms with Crippen molar-refractivity contribution in [2.45, 2.75) is 44.5 Å². The molecule has 2 amide bonds. The smallest absolute Gasteiger partial charge is 0.326 e. The van der Waals surface area contributed by atoms with E-state index in [1.165, 1.54) is 11.8 Å². The van der Waals surface area contributed by atoms with E-state index < -0.39 is 12.0 Å². The molecule has 0 aliphatic carbocycles. The number of carboxylic acids is 1. The average molecular weight is 276 g/mol. The lowest BCUT2D eigenvalue weighted by atomic mass is 10.2. The van der Waals surface area contributed by atoms with Crippen LogP contribution in [-0.4, -0.2) is 46.5 Å². The Kier molecular flexibility index (Phi) is 8.19. The predicted molar refractivity (Wildman–Crippen MR) is 70.4 cm³/mol. The van der Waals surface area contributed by atoms with E-state index in [1.807, 2.05) is 13.8 Å². The summed E-state index contributed by atoms with van der Waals surface area (Å²) < 4.78 is 0. The van der Waals surface area contributed by atoms with E-state index in [2.05, 4.69) is 10.6 Å². The summed E-state index contributed by atoms with van der Waals surface area (Å²) in [6.07, 6.45) is 0.663. The maximum atomic E-state index is 11.6. The van der Waals surface area contributed by atoms with E-state index in [-0.39, 0.29) is 23.6 Å². The van der Waals surface area contributed by atoms with Gasteiger partial charge in [-0.05, 0) is 32.9 Å². The fraction of sp³-hybridized carbons (Fsp3) is 0.727. The fourth-order valence-electron chi connectivity index (χ4n) is 1.20. The predicted octanol–water partition coefficient (Wildman–Crippen LogP) is 0.222. The highest BCUT2D eigenvalue weighted by atomic mass is 32.2. The summed E-state index contributed by atoms with van der Waals surface area (Å²) in [5, 5.41) is 13.6. The molecule has 0 heterocycles. The van der Waals surface area contributed by atoms with Gasteiger partial charge in [0.2, 0.25) is 12.3 Å². The van der Waals surface area contributed by atoms with Gasteiger partial charge in [0.05, 0.1) is 5.25 Å². The third kappa shape index (κ3) is 7.16. The van der Waals surface area contributed by atoms with Gasteiger partial charge in [0.25, 0.3) is 0 Å². The first kappa shape index (κ1) is 16.8. The molecule has 6 nitrogen and oxygen atoms in total. The van der Waals surface area contributed by atoms with E-state index in [0.29, 0.717) is 12.2 Å². The van der Waals surface area contributed by atoms with Crippen LogP contribution in [0.1, 0.15) is 27.2 Å². The zero-order valence-corrected chi connectivity index (χ0v) is 11.6. The van der Waals surface area contributed by atoms with E-state index in [4.69, 9.17) is 5.11 Å². The van der Waals surface area contributed by atoms with Crippen LogP contribution in [0.4, 0.5) is 0 Å². The van der Waals surface area contributed by atoms with Crippen molar-refractivity contribution >= 4 is 30.0 Å². The molecule has 104 valence electrons. The lowest BCUT2D eigenvalue weighted by molar-refractivity contribution is -0.140. The van der Waals surface area contributed by atoms with Crippen molar-refractivity contribution in [1.82, 2.24) is 10.6 Å². The zero-order valence-electron chi connectivity index (χ0n) is 10.8. The number of hydrogen-bond acceptors (Lipinski definition) is 4. The third-order valence-corrected chi connectivity index (χ3v) is 3.33. The van der Waals surface area contributed by atoms with Gasteiger partial charge in [0.15, 0.2) is 0 Å². The summed E-state index contributed by atoms with van der Waals surface area (Å²) in [5.41, 5.74) is 0. The Balaban J connectivity index is 3.97. The molecule has 0 radical (unpaired) electrons. The maximum Gasteiger partial charge on any atom is 0.326 e. The third-order valence-electron chi connectivity index (χ3n) is 2.14. The molecule has 0 aromatic rings. The minimum absolute atomic E-state index is 0.0646. The van der Waals surface area contributed by atoms with Gasteiger partial charge < -0.3 is 15.7 Å². The fourth-order valence-corrected chi connectivity index (χ4v) is 2.15. The molecule has 0 fully saturated rings. The normalized spacial score (nSPS) is 13.8. The second-order valence-corrected chi connectivity index (χ2v) is 5.59. The second kappa shape index (κ2) is 8.79. The van der Waals surface area contributed by atoms with Crippen LogP contribution in [0.25, 0.3) is 0 Å². The Morgan fingerprint density at radius 2 is 1.94 bits per heavy atom. The van der Waals surface area contributed by atoms with Crippen molar-refractivity contribution in [3.8, 4) is 0 Å². The van der Waals surface area contributed by atoms with Gasteiger partial charge in [-0.25, -0.2) is 4.79 Å². The van der Waals surface area contributed by atoms with Crippen molar-refractivity contribution in [2.24, 2.45) is 0 Å². The van der Waals surface area contributed by atoms with Crippen LogP contribution in [0.3, 0.4) is 0 Å². The van der Waals surface area contributed by atoms with Crippen LogP contribution in [0.5, 0.6) is 0 Å². The van der Waals surface area contributed by atoms with E-state index >= 15 is 0 Å². The molecule has 3 N–H and O–H groups in total. The van der Waals surface area contributed by atoms with Gasteiger partial charge in [-0.15, -0.1) is 11.8 Å². The molecule has 0 saturated heterocycles. The summed E-state index contributed by atoms with van der Waals surface area (Å²) in [6.45, 7) is 5.53. The van der Waals surface area contributed by atoms with Crippen LogP contribution in [0.2, 0.25) is 0 Å². The van der Waals surface area contributed by atoms with E-state index in [1.54, 1.807) is 6.92 Å². The topological polar surface area (TPSA) is 95.5 Å². The van der Waals surface area contributed by atoms with Crippen LogP contribution in [0.15, 0.2) is 0 Å². The minimum Gasteiger partial charge on any atom is -0.480 e. The highest BCUT2D eigenvalue weighted by Gasteiger charge is 2.18. The zero-order chi connectivity index (χ0) is 14.1. The first-order chi connectivity index (χ1) is 8.38. The molecular formula is C11H20N2O4S. The number of thioether (sulfide) groups is 1. The molecule has 0 bridgehead atoms. The SMILES string of the molecule is CC(C)NC(=O)C(C)SCCC(NC=O)C(=O)O. The Morgan fingerprint density at radius 3 is 2.39 bits per heavy atom.